The minimum Gasteiger partial charge on any atom is -0.385 e. The Bertz CT molecular complexity index is 184. The van der Waals surface area contributed by atoms with Gasteiger partial charge in [-0.15, -0.1) is 0 Å². The predicted molar refractivity (Wildman–Crippen MR) is 69.4 cm³/mol. The standard InChI is InChI=1S/C14H29NO/c1-4-5-12-6-7-14(15)13(10-12)11(2)8-9-16-3/h11-14H,4-10,15H2,1-3H3. The first-order valence-corrected chi connectivity index (χ1v) is 6.93. The molecule has 16 heavy (non-hydrogen) atoms. The van der Waals surface area contributed by atoms with Gasteiger partial charge in [0.15, 0.2) is 0 Å². The van der Waals surface area contributed by atoms with E-state index >= 15 is 0 Å². The molecule has 4 atom stereocenters. The summed E-state index contributed by atoms with van der Waals surface area (Å²) in [5.74, 6) is 2.37. The number of rotatable bonds is 6. The fourth-order valence-electron chi connectivity index (χ4n) is 3.16. The predicted octanol–water partition coefficient (Wildman–Crippen LogP) is 3.20. The highest BCUT2D eigenvalue weighted by Crippen LogP contribution is 2.36. The molecule has 0 amide bonds. The highest BCUT2D eigenvalue weighted by Gasteiger charge is 2.31. The summed E-state index contributed by atoms with van der Waals surface area (Å²) in [6, 6.07) is 0.431. The van der Waals surface area contributed by atoms with Gasteiger partial charge in [-0.3, -0.25) is 0 Å². The van der Waals surface area contributed by atoms with E-state index in [2.05, 4.69) is 13.8 Å². The summed E-state index contributed by atoms with van der Waals surface area (Å²) >= 11 is 0. The van der Waals surface area contributed by atoms with Crippen LogP contribution in [0.25, 0.3) is 0 Å². The molecule has 0 radical (unpaired) electrons. The van der Waals surface area contributed by atoms with Gasteiger partial charge in [-0.25, -0.2) is 0 Å². The molecule has 0 spiro atoms. The maximum absolute atomic E-state index is 6.27. The molecule has 0 aromatic heterocycles. The molecule has 1 aliphatic rings. The van der Waals surface area contributed by atoms with E-state index in [9.17, 15) is 0 Å². The number of hydrogen-bond donors (Lipinski definition) is 1. The first-order chi connectivity index (χ1) is 7.69. The molecule has 0 aliphatic heterocycles. The monoisotopic (exact) mass is 227 g/mol. The fraction of sp³-hybridized carbons (Fsp3) is 1.00. The summed E-state index contributed by atoms with van der Waals surface area (Å²) < 4.78 is 5.17. The van der Waals surface area contributed by atoms with Crippen molar-refractivity contribution in [2.75, 3.05) is 13.7 Å². The van der Waals surface area contributed by atoms with Crippen LogP contribution >= 0.6 is 0 Å². The van der Waals surface area contributed by atoms with Crippen molar-refractivity contribution in [2.24, 2.45) is 23.5 Å². The van der Waals surface area contributed by atoms with Crippen molar-refractivity contribution in [3.63, 3.8) is 0 Å². The molecule has 1 aliphatic carbocycles. The molecule has 1 fully saturated rings. The van der Waals surface area contributed by atoms with Crippen molar-refractivity contribution < 1.29 is 4.74 Å². The van der Waals surface area contributed by atoms with Gasteiger partial charge in [-0.2, -0.15) is 0 Å². The van der Waals surface area contributed by atoms with Crippen LogP contribution in [0.3, 0.4) is 0 Å². The largest absolute Gasteiger partial charge is 0.385 e. The molecule has 0 aromatic rings. The summed E-state index contributed by atoms with van der Waals surface area (Å²) in [5, 5.41) is 0. The Morgan fingerprint density at radius 3 is 2.75 bits per heavy atom. The second-order valence-electron chi connectivity index (χ2n) is 5.55. The maximum Gasteiger partial charge on any atom is 0.0464 e. The van der Waals surface area contributed by atoms with Crippen LogP contribution in [-0.4, -0.2) is 19.8 Å². The Morgan fingerprint density at radius 2 is 2.12 bits per heavy atom. The molecular formula is C14H29NO. The Kier molecular flexibility index (Phi) is 6.37. The second kappa shape index (κ2) is 7.29. The minimum atomic E-state index is 0.431. The molecule has 4 unspecified atom stereocenters. The molecule has 1 saturated carbocycles. The van der Waals surface area contributed by atoms with Crippen LogP contribution in [-0.2, 0) is 4.74 Å². The van der Waals surface area contributed by atoms with E-state index in [1.54, 1.807) is 7.11 Å². The van der Waals surface area contributed by atoms with E-state index in [-0.39, 0.29) is 0 Å². The van der Waals surface area contributed by atoms with E-state index in [0.717, 1.165) is 30.8 Å². The van der Waals surface area contributed by atoms with Gasteiger partial charge in [0.05, 0.1) is 0 Å². The van der Waals surface area contributed by atoms with Gasteiger partial charge in [-0.05, 0) is 43.4 Å². The van der Waals surface area contributed by atoms with E-state index in [1.165, 1.54) is 32.1 Å². The smallest absolute Gasteiger partial charge is 0.0464 e. The Morgan fingerprint density at radius 1 is 1.38 bits per heavy atom. The lowest BCUT2D eigenvalue weighted by Crippen LogP contribution is -2.39. The van der Waals surface area contributed by atoms with Crippen molar-refractivity contribution in [2.45, 2.75) is 58.4 Å². The van der Waals surface area contributed by atoms with Crippen molar-refractivity contribution in [1.29, 1.82) is 0 Å². The van der Waals surface area contributed by atoms with Gasteiger partial charge in [0.1, 0.15) is 0 Å². The lowest BCUT2D eigenvalue weighted by molar-refractivity contribution is 0.124. The second-order valence-corrected chi connectivity index (χ2v) is 5.55. The molecule has 0 saturated heterocycles. The van der Waals surface area contributed by atoms with Crippen LogP contribution in [0.4, 0.5) is 0 Å². The fourth-order valence-corrected chi connectivity index (χ4v) is 3.16. The first-order valence-electron chi connectivity index (χ1n) is 6.93. The number of ether oxygens (including phenoxy) is 1. The Hall–Kier alpha value is -0.0800. The van der Waals surface area contributed by atoms with Crippen molar-refractivity contribution in [1.82, 2.24) is 0 Å². The van der Waals surface area contributed by atoms with Gasteiger partial charge >= 0.3 is 0 Å². The third-order valence-corrected chi connectivity index (χ3v) is 4.27. The highest BCUT2D eigenvalue weighted by molar-refractivity contribution is 4.85. The topological polar surface area (TPSA) is 35.2 Å². The van der Waals surface area contributed by atoms with Gasteiger partial charge in [0.2, 0.25) is 0 Å². The summed E-state index contributed by atoms with van der Waals surface area (Å²) in [5.41, 5.74) is 6.27. The van der Waals surface area contributed by atoms with E-state index < -0.39 is 0 Å². The zero-order chi connectivity index (χ0) is 12.0. The van der Waals surface area contributed by atoms with E-state index in [1.807, 2.05) is 0 Å². The number of hydrogen-bond acceptors (Lipinski definition) is 2. The molecule has 0 bridgehead atoms. The lowest BCUT2D eigenvalue weighted by atomic mass is 9.71. The van der Waals surface area contributed by atoms with Crippen molar-refractivity contribution in [3.05, 3.63) is 0 Å². The molecule has 2 N–H and O–H groups in total. The highest BCUT2D eigenvalue weighted by atomic mass is 16.5. The van der Waals surface area contributed by atoms with E-state index in [0.29, 0.717) is 6.04 Å². The molecule has 0 heterocycles. The molecule has 0 aromatic carbocycles. The lowest BCUT2D eigenvalue weighted by Gasteiger charge is -2.37. The van der Waals surface area contributed by atoms with Crippen LogP contribution in [0.5, 0.6) is 0 Å². The van der Waals surface area contributed by atoms with Crippen LogP contribution in [0, 0.1) is 17.8 Å². The summed E-state index contributed by atoms with van der Waals surface area (Å²) in [4.78, 5) is 0. The summed E-state index contributed by atoms with van der Waals surface area (Å²) in [7, 11) is 1.79. The van der Waals surface area contributed by atoms with Crippen LogP contribution in [0.2, 0.25) is 0 Å². The maximum atomic E-state index is 6.27. The molecule has 96 valence electrons. The third-order valence-electron chi connectivity index (χ3n) is 4.27. The van der Waals surface area contributed by atoms with Gasteiger partial charge in [0, 0.05) is 19.8 Å². The average molecular weight is 227 g/mol. The molecule has 2 nitrogen and oxygen atoms in total. The van der Waals surface area contributed by atoms with Gasteiger partial charge in [-0.1, -0.05) is 26.7 Å². The van der Waals surface area contributed by atoms with Crippen LogP contribution in [0.15, 0.2) is 0 Å². The zero-order valence-electron chi connectivity index (χ0n) is 11.2. The normalized spacial score (nSPS) is 32.6. The Balaban J connectivity index is 2.41. The van der Waals surface area contributed by atoms with Gasteiger partial charge in [0.25, 0.3) is 0 Å². The zero-order valence-corrected chi connectivity index (χ0v) is 11.2. The minimum absolute atomic E-state index is 0.431. The molecule has 1 rings (SSSR count). The van der Waals surface area contributed by atoms with E-state index in [4.69, 9.17) is 10.5 Å². The SMILES string of the molecule is CCCC1CCC(N)C(C(C)CCOC)C1. The van der Waals surface area contributed by atoms with Crippen LogP contribution in [0.1, 0.15) is 52.4 Å². The Labute approximate surface area is 101 Å². The van der Waals surface area contributed by atoms with Gasteiger partial charge < -0.3 is 10.5 Å². The quantitative estimate of drug-likeness (QED) is 0.756. The molecular weight excluding hydrogens is 198 g/mol. The first kappa shape index (κ1) is 14.0. The van der Waals surface area contributed by atoms with Crippen molar-refractivity contribution in [3.8, 4) is 0 Å². The number of nitrogens with two attached hydrogens (primary N) is 1. The average Bonchev–Trinajstić information content (AvgIpc) is 2.29. The summed E-state index contributed by atoms with van der Waals surface area (Å²) in [6.45, 7) is 5.51. The number of methoxy groups -OCH3 is 1. The van der Waals surface area contributed by atoms with Crippen molar-refractivity contribution >= 4 is 0 Å². The third kappa shape index (κ3) is 4.06. The van der Waals surface area contributed by atoms with Crippen LogP contribution < -0.4 is 5.73 Å². The molecule has 2 heteroatoms. The summed E-state index contributed by atoms with van der Waals surface area (Å²) in [6.07, 6.45) is 7.79.